The van der Waals surface area contributed by atoms with Crippen LogP contribution in [0.25, 0.3) is 0 Å². The van der Waals surface area contributed by atoms with Crippen molar-refractivity contribution in [1.82, 2.24) is 20.3 Å². The lowest BCUT2D eigenvalue weighted by Crippen LogP contribution is -2.24. The van der Waals surface area contributed by atoms with E-state index in [1.165, 1.54) is 12.4 Å². The molecule has 0 spiro atoms. The first-order chi connectivity index (χ1) is 11.3. The van der Waals surface area contributed by atoms with E-state index in [2.05, 4.69) is 25.6 Å². The Balaban J connectivity index is 1.53. The van der Waals surface area contributed by atoms with E-state index in [0.717, 1.165) is 11.3 Å². The summed E-state index contributed by atoms with van der Waals surface area (Å²) in [6, 6.07) is 7.39. The fourth-order valence-corrected chi connectivity index (χ4v) is 1.90. The van der Waals surface area contributed by atoms with Crippen molar-refractivity contribution in [3.05, 3.63) is 72.3 Å². The Morgan fingerprint density at radius 3 is 2.74 bits per heavy atom. The van der Waals surface area contributed by atoms with Gasteiger partial charge < -0.3 is 15.1 Å². The van der Waals surface area contributed by atoms with Crippen LogP contribution in [0.3, 0.4) is 0 Å². The number of carbonyl (C=O) groups is 1. The minimum atomic E-state index is -0.279. The molecular weight excluding hydrogens is 294 g/mol. The zero-order valence-electron chi connectivity index (χ0n) is 12.3. The first kappa shape index (κ1) is 14.7. The second-order valence-electron chi connectivity index (χ2n) is 4.76. The van der Waals surface area contributed by atoms with Crippen molar-refractivity contribution in [3.8, 4) is 0 Å². The third-order valence-electron chi connectivity index (χ3n) is 3.08. The molecule has 1 amide bonds. The predicted molar refractivity (Wildman–Crippen MR) is 83.5 cm³/mol. The van der Waals surface area contributed by atoms with Crippen molar-refractivity contribution in [3.63, 3.8) is 0 Å². The maximum absolute atomic E-state index is 12.0. The molecule has 0 fully saturated rings. The number of anilines is 1. The molecule has 7 nitrogen and oxygen atoms in total. The predicted octanol–water partition coefficient (Wildman–Crippen LogP) is 2.01. The van der Waals surface area contributed by atoms with Crippen molar-refractivity contribution >= 4 is 11.7 Å². The smallest absolute Gasteiger partial charge is 0.271 e. The normalized spacial score (nSPS) is 10.3. The summed E-state index contributed by atoms with van der Waals surface area (Å²) < 4.78 is 5.21. The van der Waals surface area contributed by atoms with E-state index in [9.17, 15) is 4.79 Å². The summed E-state index contributed by atoms with van der Waals surface area (Å²) in [4.78, 5) is 24.3. The summed E-state index contributed by atoms with van der Waals surface area (Å²) in [5.41, 5.74) is 1.18. The van der Waals surface area contributed by atoms with E-state index in [1.807, 2.05) is 24.3 Å². The average molecular weight is 309 g/mol. The van der Waals surface area contributed by atoms with Crippen LogP contribution in [0.1, 0.15) is 21.8 Å². The molecule has 0 saturated carbocycles. The quantitative estimate of drug-likeness (QED) is 0.723. The molecule has 2 N–H and O–H groups in total. The molecule has 0 aliphatic heterocycles. The Kier molecular flexibility index (Phi) is 4.58. The average Bonchev–Trinajstić information content (AvgIpc) is 3.13. The number of furan rings is 1. The third kappa shape index (κ3) is 4.13. The lowest BCUT2D eigenvalue weighted by molar-refractivity contribution is 0.0945. The molecule has 23 heavy (non-hydrogen) atoms. The molecule has 3 aromatic rings. The van der Waals surface area contributed by atoms with Crippen molar-refractivity contribution in [2.75, 3.05) is 5.32 Å². The molecule has 0 aliphatic rings. The van der Waals surface area contributed by atoms with Crippen molar-refractivity contribution in [1.29, 1.82) is 0 Å². The summed E-state index contributed by atoms with van der Waals surface area (Å²) >= 11 is 0. The number of aromatic nitrogens is 3. The molecule has 0 saturated heterocycles. The largest absolute Gasteiger partial charge is 0.467 e. The maximum atomic E-state index is 12.0. The SMILES string of the molecule is O=C(NCc1cccnc1)c1cnc(NCc2ccco2)cn1. The summed E-state index contributed by atoms with van der Waals surface area (Å²) in [6.45, 7) is 0.904. The van der Waals surface area contributed by atoms with E-state index in [1.54, 1.807) is 18.7 Å². The zero-order chi connectivity index (χ0) is 15.9. The zero-order valence-corrected chi connectivity index (χ0v) is 12.3. The molecule has 0 unspecified atom stereocenters. The van der Waals surface area contributed by atoms with Gasteiger partial charge in [0.1, 0.15) is 17.3 Å². The van der Waals surface area contributed by atoms with Crippen LogP contribution < -0.4 is 10.6 Å². The van der Waals surface area contributed by atoms with Gasteiger partial charge in [0.2, 0.25) is 0 Å². The topological polar surface area (TPSA) is 92.9 Å². The second kappa shape index (κ2) is 7.17. The Bertz CT molecular complexity index is 742. The summed E-state index contributed by atoms with van der Waals surface area (Å²) in [6.07, 6.45) is 7.95. The maximum Gasteiger partial charge on any atom is 0.271 e. The summed E-state index contributed by atoms with van der Waals surface area (Å²) in [5.74, 6) is 1.09. The van der Waals surface area contributed by atoms with Gasteiger partial charge >= 0.3 is 0 Å². The first-order valence-corrected chi connectivity index (χ1v) is 7.06. The minimum Gasteiger partial charge on any atom is -0.467 e. The number of rotatable bonds is 6. The highest BCUT2D eigenvalue weighted by molar-refractivity contribution is 5.91. The molecule has 0 atom stereocenters. The van der Waals surface area contributed by atoms with Crippen LogP contribution in [-0.4, -0.2) is 20.9 Å². The van der Waals surface area contributed by atoms with Crippen LogP contribution in [0, 0.1) is 0 Å². The number of hydrogen-bond acceptors (Lipinski definition) is 6. The minimum absolute atomic E-state index is 0.262. The number of carbonyl (C=O) groups excluding carboxylic acids is 1. The fourth-order valence-electron chi connectivity index (χ4n) is 1.90. The van der Waals surface area contributed by atoms with Crippen LogP contribution in [0.2, 0.25) is 0 Å². The third-order valence-corrected chi connectivity index (χ3v) is 3.08. The lowest BCUT2D eigenvalue weighted by Gasteiger charge is -2.06. The van der Waals surface area contributed by atoms with E-state index in [4.69, 9.17) is 4.42 Å². The molecule has 0 bridgehead atoms. The fraction of sp³-hybridized carbons (Fsp3) is 0.125. The summed E-state index contributed by atoms with van der Waals surface area (Å²) in [5, 5.41) is 5.84. The van der Waals surface area contributed by atoms with Crippen molar-refractivity contribution < 1.29 is 9.21 Å². The second-order valence-corrected chi connectivity index (χ2v) is 4.76. The van der Waals surface area contributed by atoms with Crippen LogP contribution in [0.15, 0.2) is 59.7 Å². The molecule has 0 aromatic carbocycles. The Labute approximate surface area is 132 Å². The number of hydrogen-bond donors (Lipinski definition) is 2. The lowest BCUT2D eigenvalue weighted by atomic mass is 10.3. The van der Waals surface area contributed by atoms with Crippen LogP contribution in [-0.2, 0) is 13.1 Å². The molecule has 3 heterocycles. The molecule has 3 aromatic heterocycles. The molecule has 7 heteroatoms. The Morgan fingerprint density at radius 1 is 1.09 bits per heavy atom. The van der Waals surface area contributed by atoms with Gasteiger partial charge in [-0.2, -0.15) is 0 Å². The van der Waals surface area contributed by atoms with Gasteiger partial charge in [0.05, 0.1) is 25.2 Å². The number of pyridine rings is 1. The molecule has 3 rings (SSSR count). The first-order valence-electron chi connectivity index (χ1n) is 7.06. The van der Waals surface area contributed by atoms with Crippen molar-refractivity contribution in [2.24, 2.45) is 0 Å². The molecule has 0 aliphatic carbocycles. The number of nitrogens with one attached hydrogen (secondary N) is 2. The van der Waals surface area contributed by atoms with E-state index < -0.39 is 0 Å². The van der Waals surface area contributed by atoms with Gasteiger partial charge in [0, 0.05) is 18.9 Å². The monoisotopic (exact) mass is 309 g/mol. The number of amides is 1. The standard InChI is InChI=1S/C16H15N5O2/c22-16(21-8-12-3-1-5-17-7-12)14-10-20-15(11-18-14)19-9-13-4-2-6-23-13/h1-7,10-11H,8-9H2,(H,19,20)(H,21,22). The number of nitrogens with zero attached hydrogens (tertiary/aromatic N) is 3. The highest BCUT2D eigenvalue weighted by atomic mass is 16.3. The molecule has 116 valence electrons. The van der Waals surface area contributed by atoms with Crippen LogP contribution in [0.5, 0.6) is 0 Å². The molecular formula is C16H15N5O2. The van der Waals surface area contributed by atoms with E-state index in [-0.39, 0.29) is 11.6 Å². The van der Waals surface area contributed by atoms with Crippen molar-refractivity contribution in [2.45, 2.75) is 13.1 Å². The van der Waals surface area contributed by atoms with Crippen LogP contribution >= 0.6 is 0 Å². The van der Waals surface area contributed by atoms with Gasteiger partial charge in [-0.1, -0.05) is 6.07 Å². The van der Waals surface area contributed by atoms with Gasteiger partial charge in [0.25, 0.3) is 5.91 Å². The van der Waals surface area contributed by atoms with Gasteiger partial charge in [-0.05, 0) is 23.8 Å². The highest BCUT2D eigenvalue weighted by Gasteiger charge is 2.08. The Morgan fingerprint density at radius 2 is 2.04 bits per heavy atom. The Hall–Kier alpha value is -3.22. The summed E-state index contributed by atoms with van der Waals surface area (Å²) in [7, 11) is 0. The van der Waals surface area contributed by atoms with Gasteiger partial charge in [-0.15, -0.1) is 0 Å². The van der Waals surface area contributed by atoms with E-state index in [0.29, 0.717) is 18.9 Å². The van der Waals surface area contributed by atoms with Gasteiger partial charge in [-0.3, -0.25) is 9.78 Å². The van der Waals surface area contributed by atoms with E-state index >= 15 is 0 Å². The van der Waals surface area contributed by atoms with Crippen LogP contribution in [0.4, 0.5) is 5.82 Å². The highest BCUT2D eigenvalue weighted by Crippen LogP contribution is 2.06. The molecule has 0 radical (unpaired) electrons. The van der Waals surface area contributed by atoms with Gasteiger partial charge in [0.15, 0.2) is 0 Å². The van der Waals surface area contributed by atoms with Gasteiger partial charge in [-0.25, -0.2) is 9.97 Å².